The molecule has 2 aromatic rings. The molecule has 0 saturated carbocycles. The first-order chi connectivity index (χ1) is 8.20. The summed E-state index contributed by atoms with van der Waals surface area (Å²) in [6.45, 7) is 0.623. The van der Waals surface area contributed by atoms with Gasteiger partial charge in [-0.05, 0) is 24.1 Å². The molecule has 0 aliphatic carbocycles. The van der Waals surface area contributed by atoms with E-state index in [4.69, 9.17) is 0 Å². The Balaban J connectivity index is 2.02. The molecule has 90 valence electrons. The van der Waals surface area contributed by atoms with Crippen LogP contribution in [0.25, 0.3) is 11.0 Å². The van der Waals surface area contributed by atoms with Gasteiger partial charge in [-0.25, -0.2) is 9.78 Å². The topological polar surface area (TPSA) is 59.0 Å². The van der Waals surface area contributed by atoms with E-state index in [-0.39, 0.29) is 6.03 Å². The zero-order chi connectivity index (χ0) is 12.3. The van der Waals surface area contributed by atoms with E-state index in [0.717, 1.165) is 17.5 Å². The maximum atomic E-state index is 11.0. The first-order valence-corrected chi connectivity index (χ1v) is 5.56. The second kappa shape index (κ2) is 4.86. The van der Waals surface area contributed by atoms with Crippen molar-refractivity contribution < 1.29 is 4.79 Å². The molecule has 0 saturated heterocycles. The van der Waals surface area contributed by atoms with Gasteiger partial charge < -0.3 is 15.2 Å². The molecule has 0 radical (unpaired) electrons. The van der Waals surface area contributed by atoms with Crippen LogP contribution < -0.4 is 10.6 Å². The Kier molecular flexibility index (Phi) is 3.27. The third-order valence-corrected chi connectivity index (χ3v) is 2.72. The maximum Gasteiger partial charge on any atom is 0.314 e. The van der Waals surface area contributed by atoms with Crippen LogP contribution in [0.5, 0.6) is 0 Å². The summed E-state index contributed by atoms with van der Waals surface area (Å²) in [7, 11) is 3.58. The fourth-order valence-electron chi connectivity index (χ4n) is 1.75. The van der Waals surface area contributed by atoms with Gasteiger partial charge in [-0.1, -0.05) is 6.07 Å². The molecule has 2 rings (SSSR count). The van der Waals surface area contributed by atoms with E-state index in [9.17, 15) is 4.79 Å². The molecule has 0 aliphatic rings. The van der Waals surface area contributed by atoms with Crippen molar-refractivity contribution in [2.75, 3.05) is 13.6 Å². The minimum atomic E-state index is -0.149. The van der Waals surface area contributed by atoms with Crippen LogP contribution in [0.15, 0.2) is 24.5 Å². The van der Waals surface area contributed by atoms with E-state index in [2.05, 4.69) is 33.8 Å². The molecule has 5 nitrogen and oxygen atoms in total. The molecule has 2 amide bonds. The van der Waals surface area contributed by atoms with Gasteiger partial charge in [0, 0.05) is 20.6 Å². The SMILES string of the molecule is CNC(=O)NCCc1ccc2c(c1)ncn2C. The number of carbonyl (C=O) groups is 1. The van der Waals surface area contributed by atoms with E-state index >= 15 is 0 Å². The van der Waals surface area contributed by atoms with E-state index in [1.165, 1.54) is 5.56 Å². The van der Waals surface area contributed by atoms with Crippen LogP contribution in [0, 0.1) is 0 Å². The van der Waals surface area contributed by atoms with Gasteiger partial charge >= 0.3 is 6.03 Å². The van der Waals surface area contributed by atoms with Gasteiger partial charge in [0.1, 0.15) is 0 Å². The van der Waals surface area contributed by atoms with Gasteiger partial charge in [-0.3, -0.25) is 0 Å². The molecule has 0 unspecified atom stereocenters. The lowest BCUT2D eigenvalue weighted by Gasteiger charge is -2.04. The third-order valence-electron chi connectivity index (χ3n) is 2.72. The molecular formula is C12H16N4O. The number of hydrogen-bond donors (Lipinski definition) is 2. The van der Waals surface area contributed by atoms with Crippen LogP contribution in [0.1, 0.15) is 5.56 Å². The van der Waals surface area contributed by atoms with Crippen LogP contribution in [0.2, 0.25) is 0 Å². The molecule has 0 fully saturated rings. The summed E-state index contributed by atoms with van der Waals surface area (Å²) in [4.78, 5) is 15.3. The normalized spacial score (nSPS) is 10.5. The number of rotatable bonds is 3. The molecule has 2 N–H and O–H groups in total. The number of nitrogens with one attached hydrogen (secondary N) is 2. The summed E-state index contributed by atoms with van der Waals surface area (Å²) in [5.41, 5.74) is 3.28. The number of benzene rings is 1. The molecule has 1 aromatic heterocycles. The van der Waals surface area contributed by atoms with Gasteiger partial charge in [0.2, 0.25) is 0 Å². The average Bonchev–Trinajstić information content (AvgIpc) is 2.70. The van der Waals surface area contributed by atoms with Gasteiger partial charge in [-0.15, -0.1) is 0 Å². The highest BCUT2D eigenvalue weighted by atomic mass is 16.2. The van der Waals surface area contributed by atoms with Crippen LogP contribution in [0.3, 0.4) is 0 Å². The number of aromatic nitrogens is 2. The molecule has 1 heterocycles. The minimum absolute atomic E-state index is 0.149. The fraction of sp³-hybridized carbons (Fsp3) is 0.333. The molecule has 1 aromatic carbocycles. The predicted molar refractivity (Wildman–Crippen MR) is 66.9 cm³/mol. The maximum absolute atomic E-state index is 11.0. The van der Waals surface area contributed by atoms with Crippen molar-refractivity contribution in [2.45, 2.75) is 6.42 Å². The lowest BCUT2D eigenvalue weighted by Crippen LogP contribution is -2.33. The van der Waals surface area contributed by atoms with Gasteiger partial charge in [0.15, 0.2) is 0 Å². The lowest BCUT2D eigenvalue weighted by molar-refractivity contribution is 0.243. The zero-order valence-corrected chi connectivity index (χ0v) is 10.0. The highest BCUT2D eigenvalue weighted by Gasteiger charge is 2.01. The minimum Gasteiger partial charge on any atom is -0.341 e. The molecule has 0 spiro atoms. The Morgan fingerprint density at radius 1 is 1.47 bits per heavy atom. The van der Waals surface area contributed by atoms with Crippen molar-refractivity contribution in [1.82, 2.24) is 20.2 Å². The largest absolute Gasteiger partial charge is 0.341 e. The summed E-state index contributed by atoms with van der Waals surface area (Å²) in [5, 5.41) is 5.28. The molecular weight excluding hydrogens is 216 g/mol. The first-order valence-electron chi connectivity index (χ1n) is 5.56. The predicted octanol–water partition coefficient (Wildman–Crippen LogP) is 1.04. The van der Waals surface area contributed by atoms with E-state index < -0.39 is 0 Å². The van der Waals surface area contributed by atoms with Crippen molar-refractivity contribution in [3.05, 3.63) is 30.1 Å². The Hall–Kier alpha value is -2.04. The molecule has 0 bridgehead atoms. The highest BCUT2D eigenvalue weighted by molar-refractivity contribution is 5.76. The van der Waals surface area contributed by atoms with Crippen molar-refractivity contribution in [2.24, 2.45) is 7.05 Å². The van der Waals surface area contributed by atoms with Crippen LogP contribution in [-0.2, 0) is 13.5 Å². The summed E-state index contributed by atoms with van der Waals surface area (Å²) in [6, 6.07) is 6.03. The zero-order valence-electron chi connectivity index (χ0n) is 10.0. The van der Waals surface area contributed by atoms with Crippen LogP contribution in [-0.4, -0.2) is 29.2 Å². The Bertz CT molecular complexity index is 532. The van der Waals surface area contributed by atoms with Crippen molar-refractivity contribution in [3.8, 4) is 0 Å². The summed E-state index contributed by atoms with van der Waals surface area (Å²) in [5.74, 6) is 0. The van der Waals surface area contributed by atoms with Gasteiger partial charge in [0.05, 0.1) is 17.4 Å². The Labute approximate surface area is 99.8 Å². The number of fused-ring (bicyclic) bond motifs is 1. The second-order valence-corrected chi connectivity index (χ2v) is 3.93. The van der Waals surface area contributed by atoms with E-state index in [1.54, 1.807) is 13.4 Å². The van der Waals surface area contributed by atoms with Crippen LogP contribution in [0.4, 0.5) is 4.79 Å². The summed E-state index contributed by atoms with van der Waals surface area (Å²) >= 11 is 0. The van der Waals surface area contributed by atoms with Crippen molar-refractivity contribution in [3.63, 3.8) is 0 Å². The molecule has 5 heteroatoms. The molecule has 17 heavy (non-hydrogen) atoms. The van der Waals surface area contributed by atoms with Gasteiger partial charge in [-0.2, -0.15) is 0 Å². The van der Waals surface area contributed by atoms with Crippen LogP contribution >= 0.6 is 0 Å². The van der Waals surface area contributed by atoms with E-state index in [0.29, 0.717) is 6.54 Å². The van der Waals surface area contributed by atoms with Crippen molar-refractivity contribution >= 4 is 17.1 Å². The smallest absolute Gasteiger partial charge is 0.314 e. The standard InChI is InChI=1S/C12H16N4O/c1-13-12(17)14-6-5-9-3-4-11-10(7-9)15-8-16(11)2/h3-4,7-8H,5-6H2,1-2H3,(H2,13,14,17). The number of nitrogens with zero attached hydrogens (tertiary/aromatic N) is 2. The molecule has 0 aliphatic heterocycles. The monoisotopic (exact) mass is 232 g/mol. The lowest BCUT2D eigenvalue weighted by atomic mass is 10.1. The quantitative estimate of drug-likeness (QED) is 0.831. The summed E-state index contributed by atoms with van der Waals surface area (Å²) < 4.78 is 1.99. The Morgan fingerprint density at radius 3 is 3.06 bits per heavy atom. The number of hydrogen-bond acceptors (Lipinski definition) is 2. The summed E-state index contributed by atoms with van der Waals surface area (Å²) in [6.07, 6.45) is 2.61. The number of aryl methyl sites for hydroxylation is 1. The van der Waals surface area contributed by atoms with Crippen molar-refractivity contribution in [1.29, 1.82) is 0 Å². The number of imidazole rings is 1. The number of urea groups is 1. The molecule has 0 atom stereocenters. The number of carbonyl (C=O) groups excluding carboxylic acids is 1. The number of amides is 2. The Morgan fingerprint density at radius 2 is 2.29 bits per heavy atom. The average molecular weight is 232 g/mol. The first kappa shape index (κ1) is 11.4. The van der Waals surface area contributed by atoms with Gasteiger partial charge in [0.25, 0.3) is 0 Å². The third kappa shape index (κ3) is 2.55. The second-order valence-electron chi connectivity index (χ2n) is 3.93. The van der Waals surface area contributed by atoms with E-state index in [1.807, 2.05) is 11.6 Å². The fourth-order valence-corrected chi connectivity index (χ4v) is 1.75. The highest BCUT2D eigenvalue weighted by Crippen LogP contribution is 2.13.